The van der Waals surface area contributed by atoms with E-state index in [1.54, 1.807) is 0 Å². The number of pyridine rings is 1. The summed E-state index contributed by atoms with van der Waals surface area (Å²) in [7, 11) is 0. The molecule has 0 saturated carbocycles. The van der Waals surface area contributed by atoms with Crippen LogP contribution in [0.3, 0.4) is 0 Å². The first-order valence-corrected chi connectivity index (χ1v) is 9.01. The van der Waals surface area contributed by atoms with Gasteiger partial charge in [-0.05, 0) is 24.6 Å². The van der Waals surface area contributed by atoms with E-state index in [0.717, 1.165) is 55.6 Å². The van der Waals surface area contributed by atoms with E-state index in [2.05, 4.69) is 45.3 Å². The Morgan fingerprint density at radius 1 is 1.00 bits per heavy atom. The summed E-state index contributed by atoms with van der Waals surface area (Å²) in [5.41, 5.74) is 4.45. The van der Waals surface area contributed by atoms with E-state index in [4.69, 9.17) is 4.74 Å². The lowest BCUT2D eigenvalue weighted by molar-refractivity contribution is 0.0342. The highest BCUT2D eigenvalue weighted by Crippen LogP contribution is 2.21. The van der Waals surface area contributed by atoms with Crippen molar-refractivity contribution < 1.29 is 4.74 Å². The van der Waals surface area contributed by atoms with Gasteiger partial charge in [-0.15, -0.1) is 0 Å². The molecule has 2 aromatic heterocycles. The van der Waals surface area contributed by atoms with Crippen LogP contribution in [0.15, 0.2) is 42.5 Å². The van der Waals surface area contributed by atoms with Crippen molar-refractivity contribution >= 4 is 5.65 Å². The van der Waals surface area contributed by atoms with Crippen LogP contribution in [0.1, 0.15) is 25.2 Å². The lowest BCUT2D eigenvalue weighted by Gasteiger charge is -2.26. The van der Waals surface area contributed by atoms with Gasteiger partial charge in [0.05, 0.1) is 18.9 Å². The Kier molecular flexibility index (Phi) is 5.79. The van der Waals surface area contributed by atoms with E-state index in [0.29, 0.717) is 0 Å². The Balaban J connectivity index is 0.000000880. The zero-order chi connectivity index (χ0) is 17.6. The van der Waals surface area contributed by atoms with Crippen molar-refractivity contribution in [1.82, 2.24) is 19.5 Å². The van der Waals surface area contributed by atoms with Gasteiger partial charge in [-0.3, -0.25) is 4.90 Å². The predicted octanol–water partition coefficient (Wildman–Crippen LogP) is 3.56. The molecule has 5 nitrogen and oxygen atoms in total. The van der Waals surface area contributed by atoms with E-state index in [1.807, 2.05) is 37.4 Å². The lowest BCUT2D eigenvalue weighted by Crippen LogP contribution is -2.35. The molecule has 132 valence electrons. The fourth-order valence-electron chi connectivity index (χ4n) is 3.03. The van der Waals surface area contributed by atoms with Gasteiger partial charge >= 0.3 is 0 Å². The molecular weight excluding hydrogens is 312 g/mol. The van der Waals surface area contributed by atoms with Gasteiger partial charge in [0.1, 0.15) is 5.82 Å². The van der Waals surface area contributed by atoms with E-state index >= 15 is 0 Å². The highest BCUT2D eigenvalue weighted by molar-refractivity contribution is 5.63. The summed E-state index contributed by atoms with van der Waals surface area (Å²) in [5.74, 6) is 0.793. The molecule has 0 spiro atoms. The van der Waals surface area contributed by atoms with Crippen LogP contribution in [-0.2, 0) is 11.3 Å². The van der Waals surface area contributed by atoms with Gasteiger partial charge in [0.25, 0.3) is 0 Å². The second-order valence-electron chi connectivity index (χ2n) is 5.93. The largest absolute Gasteiger partial charge is 0.379 e. The molecule has 25 heavy (non-hydrogen) atoms. The number of hydrogen-bond donors (Lipinski definition) is 0. The number of aromatic nitrogens is 3. The maximum absolute atomic E-state index is 5.40. The van der Waals surface area contributed by atoms with Gasteiger partial charge in [-0.25, -0.2) is 9.50 Å². The van der Waals surface area contributed by atoms with Gasteiger partial charge < -0.3 is 4.74 Å². The number of nitrogens with zero attached hydrogens (tertiary/aromatic N) is 4. The Labute approximate surface area is 149 Å². The molecule has 4 rings (SSSR count). The summed E-state index contributed by atoms with van der Waals surface area (Å²) < 4.78 is 7.31. The molecule has 1 aliphatic rings. The summed E-state index contributed by atoms with van der Waals surface area (Å²) in [5, 5.41) is 4.49. The maximum atomic E-state index is 5.40. The molecule has 0 radical (unpaired) electrons. The predicted molar refractivity (Wildman–Crippen MR) is 101 cm³/mol. The zero-order valence-electron chi connectivity index (χ0n) is 15.3. The van der Waals surface area contributed by atoms with Crippen LogP contribution in [-0.4, -0.2) is 45.8 Å². The first-order chi connectivity index (χ1) is 12.3. The molecule has 5 heteroatoms. The molecule has 0 aliphatic carbocycles. The number of fused-ring (bicyclic) bond motifs is 1. The summed E-state index contributed by atoms with van der Waals surface area (Å²) in [6, 6.07) is 14.8. The highest BCUT2D eigenvalue weighted by atomic mass is 16.5. The summed E-state index contributed by atoms with van der Waals surface area (Å²) in [6.07, 6.45) is 0. The standard InChI is InChI=1S/C18H20N4O.C2H6/c1-14-19-18-4-2-3-17(22(18)20-14)16-7-5-15(6-8-16)13-21-9-11-23-12-10-21;1-2/h2-8H,9-13H2,1H3;1-2H3. The normalized spacial score (nSPS) is 15.0. The monoisotopic (exact) mass is 338 g/mol. The van der Waals surface area contributed by atoms with Gasteiger partial charge in [-0.2, -0.15) is 5.10 Å². The van der Waals surface area contributed by atoms with Crippen molar-refractivity contribution in [3.05, 3.63) is 53.9 Å². The number of rotatable bonds is 3. The molecule has 1 aromatic carbocycles. The molecule has 1 saturated heterocycles. The van der Waals surface area contributed by atoms with E-state index in [1.165, 1.54) is 5.56 Å². The Hall–Kier alpha value is -2.24. The smallest absolute Gasteiger partial charge is 0.156 e. The Morgan fingerprint density at radius 3 is 2.44 bits per heavy atom. The van der Waals surface area contributed by atoms with Crippen LogP contribution in [0.2, 0.25) is 0 Å². The fraction of sp³-hybridized carbons (Fsp3) is 0.400. The molecule has 0 unspecified atom stereocenters. The molecule has 0 N–H and O–H groups in total. The van der Waals surface area contributed by atoms with Crippen molar-refractivity contribution in [3.8, 4) is 11.3 Å². The van der Waals surface area contributed by atoms with Crippen LogP contribution in [0.5, 0.6) is 0 Å². The summed E-state index contributed by atoms with van der Waals surface area (Å²) >= 11 is 0. The Morgan fingerprint density at radius 2 is 1.72 bits per heavy atom. The van der Waals surface area contributed by atoms with Gasteiger partial charge in [0.2, 0.25) is 0 Å². The van der Waals surface area contributed by atoms with E-state index < -0.39 is 0 Å². The third kappa shape index (κ3) is 4.06. The SMILES string of the molecule is CC.Cc1nc2cccc(-c3ccc(CN4CCOCC4)cc3)n2n1. The molecule has 0 atom stereocenters. The first kappa shape index (κ1) is 17.6. The second kappa shape index (κ2) is 8.23. The summed E-state index contributed by atoms with van der Waals surface area (Å²) in [4.78, 5) is 6.86. The van der Waals surface area contributed by atoms with E-state index in [-0.39, 0.29) is 0 Å². The van der Waals surface area contributed by atoms with Crippen LogP contribution < -0.4 is 0 Å². The minimum absolute atomic E-state index is 0.793. The molecular formula is C20H26N4O. The first-order valence-electron chi connectivity index (χ1n) is 9.01. The average molecular weight is 338 g/mol. The molecule has 3 aromatic rings. The average Bonchev–Trinajstić information content (AvgIpc) is 3.05. The number of aryl methyl sites for hydroxylation is 1. The van der Waals surface area contributed by atoms with Gasteiger partial charge in [0.15, 0.2) is 5.65 Å². The van der Waals surface area contributed by atoms with Crippen molar-refractivity contribution in [2.24, 2.45) is 0 Å². The zero-order valence-corrected chi connectivity index (χ0v) is 15.3. The number of benzene rings is 1. The molecule has 3 heterocycles. The van der Waals surface area contributed by atoms with E-state index in [9.17, 15) is 0 Å². The quantitative estimate of drug-likeness (QED) is 0.732. The van der Waals surface area contributed by atoms with Crippen LogP contribution in [0.4, 0.5) is 0 Å². The topological polar surface area (TPSA) is 42.7 Å². The lowest BCUT2D eigenvalue weighted by atomic mass is 10.1. The van der Waals surface area contributed by atoms with Crippen molar-refractivity contribution in [2.75, 3.05) is 26.3 Å². The maximum Gasteiger partial charge on any atom is 0.156 e. The van der Waals surface area contributed by atoms with Crippen molar-refractivity contribution in [1.29, 1.82) is 0 Å². The number of morpholine rings is 1. The van der Waals surface area contributed by atoms with Gasteiger partial charge in [-0.1, -0.05) is 44.2 Å². The Bertz CT molecular complexity index is 804. The molecule has 0 bridgehead atoms. The third-order valence-electron chi connectivity index (χ3n) is 4.23. The van der Waals surface area contributed by atoms with Crippen LogP contribution in [0, 0.1) is 6.92 Å². The van der Waals surface area contributed by atoms with Crippen molar-refractivity contribution in [3.63, 3.8) is 0 Å². The molecule has 1 fully saturated rings. The third-order valence-corrected chi connectivity index (χ3v) is 4.23. The van der Waals surface area contributed by atoms with Gasteiger partial charge in [0, 0.05) is 25.2 Å². The van der Waals surface area contributed by atoms with Crippen LogP contribution in [0.25, 0.3) is 16.9 Å². The summed E-state index contributed by atoms with van der Waals surface area (Å²) in [6.45, 7) is 10.6. The van der Waals surface area contributed by atoms with Crippen molar-refractivity contribution in [2.45, 2.75) is 27.3 Å². The number of ether oxygens (including phenoxy) is 1. The second-order valence-corrected chi connectivity index (χ2v) is 5.93. The minimum atomic E-state index is 0.793. The fourth-order valence-corrected chi connectivity index (χ4v) is 3.03. The molecule has 1 aliphatic heterocycles. The molecule has 0 amide bonds. The minimum Gasteiger partial charge on any atom is -0.379 e. The highest BCUT2D eigenvalue weighted by Gasteiger charge is 2.11. The number of hydrogen-bond acceptors (Lipinski definition) is 4. The van der Waals surface area contributed by atoms with Crippen LogP contribution >= 0.6 is 0 Å².